The molecule has 0 aliphatic heterocycles. The molecule has 2 rings (SSSR count). The van der Waals surface area contributed by atoms with Crippen molar-refractivity contribution in [3.05, 3.63) is 66.2 Å². The van der Waals surface area contributed by atoms with Crippen molar-refractivity contribution >= 4 is 27.5 Å². The predicted octanol–water partition coefficient (Wildman–Crippen LogP) is 3.07. The van der Waals surface area contributed by atoms with Crippen molar-refractivity contribution in [3.63, 3.8) is 0 Å². The van der Waals surface area contributed by atoms with Crippen LogP contribution in [-0.2, 0) is 14.6 Å². The van der Waals surface area contributed by atoms with Gasteiger partial charge in [-0.25, -0.2) is 8.42 Å². The van der Waals surface area contributed by atoms with Gasteiger partial charge in [-0.15, -0.1) is 11.8 Å². The summed E-state index contributed by atoms with van der Waals surface area (Å²) in [6.07, 6.45) is 0. The summed E-state index contributed by atoms with van der Waals surface area (Å²) in [5.74, 6) is -0.127. The van der Waals surface area contributed by atoms with E-state index in [4.69, 9.17) is 0 Å². The van der Waals surface area contributed by atoms with Gasteiger partial charge in [0, 0.05) is 17.2 Å². The first-order valence-electron chi connectivity index (χ1n) is 7.76. The van der Waals surface area contributed by atoms with Gasteiger partial charge < -0.3 is 5.32 Å². The summed E-state index contributed by atoms with van der Waals surface area (Å²) in [7, 11) is -3.09. The topological polar surface area (TPSA) is 63.2 Å². The molecule has 0 aliphatic carbocycles. The van der Waals surface area contributed by atoms with Gasteiger partial charge in [-0.3, -0.25) is 4.79 Å². The summed E-state index contributed by atoms with van der Waals surface area (Å²) >= 11 is 1.45. The lowest BCUT2D eigenvalue weighted by Gasteiger charge is -2.17. The lowest BCUT2D eigenvalue weighted by Crippen LogP contribution is -2.32. The Morgan fingerprint density at radius 2 is 1.62 bits per heavy atom. The molecule has 0 aliphatic rings. The minimum absolute atomic E-state index is 0.0350. The number of carbonyl (C=O) groups is 1. The molecular weight excluding hydrogens is 342 g/mol. The van der Waals surface area contributed by atoms with Gasteiger partial charge in [-0.1, -0.05) is 55.5 Å². The Morgan fingerprint density at radius 1 is 1.04 bits per heavy atom. The number of rotatable bonds is 8. The van der Waals surface area contributed by atoms with Gasteiger partial charge in [0.05, 0.1) is 5.75 Å². The van der Waals surface area contributed by atoms with Gasteiger partial charge >= 0.3 is 0 Å². The van der Waals surface area contributed by atoms with Crippen LogP contribution in [0.5, 0.6) is 0 Å². The van der Waals surface area contributed by atoms with Crippen LogP contribution in [-0.4, -0.2) is 32.4 Å². The highest BCUT2D eigenvalue weighted by molar-refractivity contribution is 8.00. The molecule has 1 amide bonds. The molecule has 0 saturated heterocycles. The van der Waals surface area contributed by atoms with Gasteiger partial charge in [-0.05, 0) is 17.7 Å². The SMILES string of the molecule is CCS(=O)(=O)CCNC(=O)[C@@H](Sc1ccccc1)c1ccccc1. The molecule has 2 aromatic carbocycles. The van der Waals surface area contributed by atoms with Crippen LogP contribution < -0.4 is 5.32 Å². The molecule has 0 fully saturated rings. The van der Waals surface area contributed by atoms with Gasteiger partial charge in [0.1, 0.15) is 5.25 Å². The third-order valence-corrected chi connectivity index (χ3v) is 6.46. The number of thioether (sulfide) groups is 1. The molecule has 1 N–H and O–H groups in total. The Balaban J connectivity index is 2.09. The Bertz CT molecular complexity index is 746. The number of amides is 1. The minimum atomic E-state index is -3.09. The molecule has 0 spiro atoms. The van der Waals surface area contributed by atoms with E-state index in [0.717, 1.165) is 10.5 Å². The zero-order valence-corrected chi connectivity index (χ0v) is 15.1. The molecule has 0 aromatic heterocycles. The predicted molar refractivity (Wildman–Crippen MR) is 98.8 cm³/mol. The number of nitrogens with one attached hydrogen (secondary N) is 1. The van der Waals surface area contributed by atoms with E-state index in [-0.39, 0.29) is 24.0 Å². The van der Waals surface area contributed by atoms with Gasteiger partial charge in [0.2, 0.25) is 5.91 Å². The molecule has 0 radical (unpaired) electrons. The smallest absolute Gasteiger partial charge is 0.238 e. The first-order valence-corrected chi connectivity index (χ1v) is 10.5. The average molecular weight is 364 g/mol. The molecule has 6 heteroatoms. The van der Waals surface area contributed by atoms with Crippen LogP contribution in [0.2, 0.25) is 0 Å². The normalized spacial score (nSPS) is 12.5. The Hall–Kier alpha value is -1.79. The molecule has 0 unspecified atom stereocenters. The number of sulfone groups is 1. The maximum atomic E-state index is 12.6. The second-order valence-electron chi connectivity index (χ2n) is 5.25. The summed E-state index contributed by atoms with van der Waals surface area (Å²) in [5, 5.41) is 2.33. The van der Waals surface area contributed by atoms with Crippen LogP contribution in [0.3, 0.4) is 0 Å². The van der Waals surface area contributed by atoms with Crippen molar-refractivity contribution in [1.29, 1.82) is 0 Å². The van der Waals surface area contributed by atoms with Crippen molar-refractivity contribution in [2.24, 2.45) is 0 Å². The Kier molecular flexibility index (Phi) is 6.87. The van der Waals surface area contributed by atoms with E-state index in [1.807, 2.05) is 60.7 Å². The first kappa shape index (κ1) is 18.5. The van der Waals surface area contributed by atoms with Gasteiger partial charge in [0.15, 0.2) is 9.84 Å². The van der Waals surface area contributed by atoms with Crippen molar-refractivity contribution in [1.82, 2.24) is 5.32 Å². The molecule has 0 bridgehead atoms. The summed E-state index contributed by atoms with van der Waals surface area (Å²) in [6, 6.07) is 19.2. The highest BCUT2D eigenvalue weighted by Gasteiger charge is 2.22. The first-order chi connectivity index (χ1) is 11.5. The maximum absolute atomic E-state index is 12.6. The lowest BCUT2D eigenvalue weighted by molar-refractivity contribution is -0.120. The minimum Gasteiger partial charge on any atom is -0.354 e. The largest absolute Gasteiger partial charge is 0.354 e. The van der Waals surface area contributed by atoms with Crippen molar-refractivity contribution in [3.8, 4) is 0 Å². The van der Waals surface area contributed by atoms with Crippen molar-refractivity contribution in [2.45, 2.75) is 17.1 Å². The van der Waals surface area contributed by atoms with Crippen LogP contribution in [0, 0.1) is 0 Å². The zero-order valence-electron chi connectivity index (χ0n) is 13.5. The molecule has 0 heterocycles. The van der Waals surface area contributed by atoms with E-state index < -0.39 is 15.1 Å². The average Bonchev–Trinajstić information content (AvgIpc) is 2.61. The van der Waals surface area contributed by atoms with Crippen LogP contribution in [0.1, 0.15) is 17.7 Å². The van der Waals surface area contributed by atoms with Crippen LogP contribution >= 0.6 is 11.8 Å². The summed E-state index contributed by atoms with van der Waals surface area (Å²) in [4.78, 5) is 13.6. The fraction of sp³-hybridized carbons (Fsp3) is 0.278. The molecular formula is C18H21NO3S2. The van der Waals surface area contributed by atoms with E-state index >= 15 is 0 Å². The Morgan fingerprint density at radius 3 is 2.21 bits per heavy atom. The monoisotopic (exact) mass is 363 g/mol. The zero-order chi connectivity index (χ0) is 17.4. The van der Waals surface area contributed by atoms with E-state index in [9.17, 15) is 13.2 Å². The van der Waals surface area contributed by atoms with Crippen LogP contribution in [0.15, 0.2) is 65.6 Å². The fourth-order valence-corrected chi connectivity index (χ4v) is 3.87. The third-order valence-electron chi connectivity index (χ3n) is 3.49. The molecule has 1 atom stereocenters. The summed E-state index contributed by atoms with van der Waals surface area (Å²) < 4.78 is 23.1. The van der Waals surface area contributed by atoms with Gasteiger partial charge in [0.25, 0.3) is 0 Å². The lowest BCUT2D eigenvalue weighted by atomic mass is 10.1. The number of hydrogen-bond acceptors (Lipinski definition) is 4. The molecule has 4 nitrogen and oxygen atoms in total. The maximum Gasteiger partial charge on any atom is 0.238 e. The third kappa shape index (κ3) is 5.69. The molecule has 128 valence electrons. The van der Waals surface area contributed by atoms with Crippen molar-refractivity contribution < 1.29 is 13.2 Å². The second kappa shape index (κ2) is 8.89. The van der Waals surface area contributed by atoms with E-state index in [2.05, 4.69) is 5.32 Å². The van der Waals surface area contributed by atoms with Crippen LogP contribution in [0.25, 0.3) is 0 Å². The second-order valence-corrected chi connectivity index (χ2v) is 8.90. The van der Waals surface area contributed by atoms with Crippen molar-refractivity contribution in [2.75, 3.05) is 18.1 Å². The molecule has 0 saturated carbocycles. The quantitative estimate of drug-likeness (QED) is 0.732. The standard InChI is InChI=1S/C18H21NO3S2/c1-2-24(21,22)14-13-19-18(20)17(15-9-5-3-6-10-15)23-16-11-7-4-8-12-16/h3-12,17H,2,13-14H2,1H3,(H,19,20)/t17-/m0/s1. The number of benzene rings is 2. The number of carbonyl (C=O) groups excluding carboxylic acids is 1. The van der Waals surface area contributed by atoms with E-state index in [1.54, 1.807) is 6.92 Å². The highest BCUT2D eigenvalue weighted by Crippen LogP contribution is 2.35. The Labute approximate surface area is 147 Å². The summed E-state index contributed by atoms with van der Waals surface area (Å²) in [6.45, 7) is 1.74. The van der Waals surface area contributed by atoms with Crippen LogP contribution in [0.4, 0.5) is 0 Å². The molecule has 2 aromatic rings. The summed E-state index contributed by atoms with van der Waals surface area (Å²) in [5.41, 5.74) is 0.891. The molecule has 24 heavy (non-hydrogen) atoms. The van der Waals surface area contributed by atoms with E-state index in [1.165, 1.54) is 11.8 Å². The highest BCUT2D eigenvalue weighted by atomic mass is 32.2. The van der Waals surface area contributed by atoms with E-state index in [0.29, 0.717) is 0 Å². The van der Waals surface area contributed by atoms with Gasteiger partial charge in [-0.2, -0.15) is 0 Å². The number of hydrogen-bond donors (Lipinski definition) is 1. The fourth-order valence-electron chi connectivity index (χ4n) is 2.10.